The van der Waals surface area contributed by atoms with Crippen LogP contribution < -0.4 is 0 Å². The SMILES string of the molecule is Cc1ncc([N+](=O)[O-])n1CCOC(=O)CN(CC(=O)O)CC(=O)OCCn1cncc1[N+](=O)[O-]. The molecule has 0 radical (unpaired) electrons. The number of esters is 2. The van der Waals surface area contributed by atoms with Crippen LogP contribution in [-0.2, 0) is 36.9 Å². The van der Waals surface area contributed by atoms with Crippen molar-refractivity contribution in [2.24, 2.45) is 0 Å². The molecule has 184 valence electrons. The number of aliphatic carboxylic acids is 1. The third-order valence-electron chi connectivity index (χ3n) is 4.34. The lowest BCUT2D eigenvalue weighted by Crippen LogP contribution is -2.39. The van der Waals surface area contributed by atoms with Gasteiger partial charge >= 0.3 is 29.5 Å². The quantitative estimate of drug-likeness (QED) is 0.201. The molecule has 0 unspecified atom stereocenters. The van der Waals surface area contributed by atoms with Crippen molar-refractivity contribution in [3.05, 3.63) is 44.8 Å². The molecule has 0 fully saturated rings. The van der Waals surface area contributed by atoms with E-state index in [2.05, 4.69) is 9.97 Å². The Labute approximate surface area is 190 Å². The van der Waals surface area contributed by atoms with Gasteiger partial charge in [0.15, 0.2) is 12.2 Å². The van der Waals surface area contributed by atoms with E-state index in [0.717, 1.165) is 21.9 Å². The van der Waals surface area contributed by atoms with Crippen molar-refractivity contribution in [1.29, 1.82) is 0 Å². The molecule has 17 nitrogen and oxygen atoms in total. The number of carboxylic acids is 1. The molecule has 2 rings (SSSR count). The van der Waals surface area contributed by atoms with Crippen LogP contribution >= 0.6 is 0 Å². The molecular formula is C17H21N7O10. The minimum Gasteiger partial charge on any atom is -0.480 e. The molecule has 0 saturated heterocycles. The van der Waals surface area contributed by atoms with Crippen LogP contribution in [0.4, 0.5) is 11.6 Å². The first-order valence-corrected chi connectivity index (χ1v) is 9.65. The summed E-state index contributed by atoms with van der Waals surface area (Å²) >= 11 is 0. The molecule has 0 aromatic carbocycles. The van der Waals surface area contributed by atoms with Gasteiger partial charge in [0.1, 0.15) is 38.7 Å². The second-order valence-corrected chi connectivity index (χ2v) is 6.75. The summed E-state index contributed by atoms with van der Waals surface area (Å²) in [5, 5.41) is 30.8. The second kappa shape index (κ2) is 12.0. The topological polar surface area (TPSA) is 215 Å². The zero-order valence-corrected chi connectivity index (χ0v) is 17.9. The van der Waals surface area contributed by atoms with Gasteiger partial charge in [-0.25, -0.2) is 19.1 Å². The summed E-state index contributed by atoms with van der Waals surface area (Å²) in [7, 11) is 0. The maximum absolute atomic E-state index is 12.1. The maximum atomic E-state index is 12.1. The van der Waals surface area contributed by atoms with E-state index in [1.807, 2.05) is 0 Å². The molecular weight excluding hydrogens is 462 g/mol. The summed E-state index contributed by atoms with van der Waals surface area (Å²) in [6.45, 7) is -0.823. The number of aromatic nitrogens is 4. The Kier molecular flexibility index (Phi) is 9.12. The summed E-state index contributed by atoms with van der Waals surface area (Å²) in [6, 6.07) is 0. The minimum atomic E-state index is -1.31. The summed E-state index contributed by atoms with van der Waals surface area (Å²) in [6.07, 6.45) is 3.30. The first kappa shape index (κ1) is 25.8. The summed E-state index contributed by atoms with van der Waals surface area (Å²) in [5.41, 5.74) is 0. The van der Waals surface area contributed by atoms with Crippen LogP contribution in [-0.4, -0.2) is 89.7 Å². The van der Waals surface area contributed by atoms with Gasteiger partial charge in [-0.3, -0.25) is 19.3 Å². The molecule has 0 amide bonds. The zero-order valence-electron chi connectivity index (χ0n) is 17.9. The molecule has 2 aromatic heterocycles. The van der Waals surface area contributed by atoms with Gasteiger partial charge in [0.25, 0.3) is 0 Å². The molecule has 34 heavy (non-hydrogen) atoms. The fourth-order valence-electron chi connectivity index (χ4n) is 2.84. The fraction of sp³-hybridized carbons (Fsp3) is 0.471. The number of carbonyl (C=O) groups excluding carboxylic acids is 2. The van der Waals surface area contributed by atoms with Gasteiger partial charge in [-0.2, -0.15) is 0 Å². The highest BCUT2D eigenvalue weighted by molar-refractivity contribution is 5.77. The van der Waals surface area contributed by atoms with E-state index >= 15 is 0 Å². The molecule has 0 spiro atoms. The molecule has 0 aliphatic heterocycles. The van der Waals surface area contributed by atoms with Gasteiger partial charge in [0.05, 0.1) is 19.6 Å². The van der Waals surface area contributed by atoms with Gasteiger partial charge in [-0.05, 0) is 9.85 Å². The highest BCUT2D eigenvalue weighted by Crippen LogP contribution is 2.13. The number of hydrogen-bond acceptors (Lipinski definition) is 12. The minimum absolute atomic E-state index is 0.0464. The molecule has 0 aliphatic rings. The number of rotatable bonds is 14. The van der Waals surface area contributed by atoms with Gasteiger partial charge < -0.3 is 34.8 Å². The standard InChI is InChI=1S/C17H21N7O10/c1-12-19-7-14(24(31)32)22(12)3-5-34-17(28)10-20(8-15(25)26)9-16(27)33-4-2-21-11-18-6-13(21)23(29)30/h6-7,11H,2-5,8-10H2,1H3,(H,25,26). The van der Waals surface area contributed by atoms with Crippen LogP contribution in [0.1, 0.15) is 5.82 Å². The van der Waals surface area contributed by atoms with Crippen LogP contribution in [0.3, 0.4) is 0 Å². The summed E-state index contributed by atoms with van der Waals surface area (Å²) in [4.78, 5) is 64.1. The molecule has 0 bridgehead atoms. The van der Waals surface area contributed by atoms with Crippen LogP contribution in [0.25, 0.3) is 0 Å². The lowest BCUT2D eigenvalue weighted by atomic mass is 10.4. The number of nitro groups is 2. The number of carbonyl (C=O) groups is 3. The van der Waals surface area contributed by atoms with E-state index in [9.17, 15) is 34.6 Å². The Balaban J connectivity index is 1.82. The Bertz CT molecular complexity index is 1060. The predicted molar refractivity (Wildman–Crippen MR) is 108 cm³/mol. The highest BCUT2D eigenvalue weighted by atomic mass is 16.6. The predicted octanol–water partition coefficient (Wildman–Crippen LogP) is -0.622. The highest BCUT2D eigenvalue weighted by Gasteiger charge is 2.21. The first-order chi connectivity index (χ1) is 16.1. The maximum Gasteiger partial charge on any atom is 0.342 e. The molecule has 0 saturated carbocycles. The molecule has 2 heterocycles. The average Bonchev–Trinajstić information content (AvgIpc) is 3.34. The summed E-state index contributed by atoms with van der Waals surface area (Å²) < 4.78 is 12.3. The van der Waals surface area contributed by atoms with Crippen LogP contribution in [0.5, 0.6) is 0 Å². The molecule has 0 aliphatic carbocycles. The van der Waals surface area contributed by atoms with Crippen molar-refractivity contribution in [2.45, 2.75) is 20.0 Å². The van der Waals surface area contributed by atoms with Gasteiger partial charge in [-0.1, -0.05) is 0 Å². The van der Waals surface area contributed by atoms with E-state index in [0.29, 0.717) is 5.82 Å². The zero-order chi connectivity index (χ0) is 25.3. The van der Waals surface area contributed by atoms with Gasteiger partial charge in [0.2, 0.25) is 0 Å². The third-order valence-corrected chi connectivity index (χ3v) is 4.34. The number of hydrogen-bond donors (Lipinski definition) is 1. The number of aryl methyl sites for hydroxylation is 1. The van der Waals surface area contributed by atoms with Crippen molar-refractivity contribution in [1.82, 2.24) is 24.0 Å². The molecule has 0 atom stereocenters. The van der Waals surface area contributed by atoms with Crippen LogP contribution in [0.15, 0.2) is 18.7 Å². The molecule has 17 heteroatoms. The number of ether oxygens (including phenoxy) is 2. The normalized spacial score (nSPS) is 10.8. The third kappa shape index (κ3) is 7.62. The Hall–Kier alpha value is -4.41. The molecule has 2 aromatic rings. The van der Waals surface area contributed by atoms with Crippen molar-refractivity contribution in [3.63, 3.8) is 0 Å². The van der Waals surface area contributed by atoms with E-state index in [1.165, 1.54) is 10.9 Å². The Morgan fingerprint density at radius 1 is 1.00 bits per heavy atom. The Morgan fingerprint density at radius 3 is 2.15 bits per heavy atom. The van der Waals surface area contributed by atoms with Crippen LogP contribution in [0, 0.1) is 27.2 Å². The smallest absolute Gasteiger partial charge is 0.342 e. The van der Waals surface area contributed by atoms with Crippen molar-refractivity contribution in [3.8, 4) is 0 Å². The lowest BCUT2D eigenvalue weighted by Gasteiger charge is -2.18. The van der Waals surface area contributed by atoms with Crippen molar-refractivity contribution < 1.29 is 38.8 Å². The average molecular weight is 483 g/mol. The van der Waals surface area contributed by atoms with Gasteiger partial charge in [-0.15, -0.1) is 0 Å². The number of carboxylic acid groups (broad SMARTS) is 1. The largest absolute Gasteiger partial charge is 0.480 e. The monoisotopic (exact) mass is 483 g/mol. The Morgan fingerprint density at radius 2 is 1.59 bits per heavy atom. The lowest BCUT2D eigenvalue weighted by molar-refractivity contribution is -0.392. The van der Waals surface area contributed by atoms with Crippen molar-refractivity contribution in [2.75, 3.05) is 32.8 Å². The van der Waals surface area contributed by atoms with E-state index < -0.39 is 47.4 Å². The fourth-order valence-corrected chi connectivity index (χ4v) is 2.84. The van der Waals surface area contributed by atoms with E-state index in [-0.39, 0.29) is 37.9 Å². The second-order valence-electron chi connectivity index (χ2n) is 6.75. The van der Waals surface area contributed by atoms with Crippen LogP contribution in [0.2, 0.25) is 0 Å². The first-order valence-electron chi connectivity index (χ1n) is 9.65. The van der Waals surface area contributed by atoms with Gasteiger partial charge in [0, 0.05) is 6.92 Å². The van der Waals surface area contributed by atoms with Crippen molar-refractivity contribution >= 4 is 29.5 Å². The number of nitrogens with zero attached hydrogens (tertiary/aromatic N) is 7. The molecule has 1 N–H and O–H groups in total. The van der Waals surface area contributed by atoms with E-state index in [4.69, 9.17) is 14.6 Å². The van der Waals surface area contributed by atoms with E-state index in [1.54, 1.807) is 6.92 Å². The summed E-state index contributed by atoms with van der Waals surface area (Å²) in [5.74, 6) is -3.24. The number of imidazole rings is 2.